The van der Waals surface area contributed by atoms with Crippen LogP contribution in [0.25, 0.3) is 11.4 Å². The van der Waals surface area contributed by atoms with Gasteiger partial charge in [0.1, 0.15) is 5.82 Å². The Kier molecular flexibility index (Phi) is 5.25. The highest BCUT2D eigenvalue weighted by molar-refractivity contribution is 7.98. The lowest BCUT2D eigenvalue weighted by Crippen LogP contribution is -2.27. The Morgan fingerprint density at radius 1 is 0.968 bits per heavy atom. The van der Waals surface area contributed by atoms with Gasteiger partial charge in [0.05, 0.1) is 5.75 Å². The topological polar surface area (TPSA) is 98.6 Å². The minimum atomic E-state index is 0.228. The van der Waals surface area contributed by atoms with E-state index >= 15 is 0 Å². The molecule has 2 aromatic heterocycles. The molecule has 0 saturated carbocycles. The molecule has 0 atom stereocenters. The predicted octanol–water partition coefficient (Wildman–Crippen LogP) is 3.63. The van der Waals surface area contributed by atoms with Gasteiger partial charge < -0.3 is 15.2 Å². The van der Waals surface area contributed by atoms with Crippen LogP contribution in [-0.2, 0) is 19.2 Å². The summed E-state index contributed by atoms with van der Waals surface area (Å²) in [7, 11) is 1.96. The van der Waals surface area contributed by atoms with Crippen molar-refractivity contribution in [1.82, 2.24) is 29.7 Å². The summed E-state index contributed by atoms with van der Waals surface area (Å²) in [5.74, 6) is 2.80. The molecule has 31 heavy (non-hydrogen) atoms. The lowest BCUT2D eigenvalue weighted by atomic mass is 10.0. The maximum atomic E-state index is 6.03. The molecule has 0 amide bonds. The van der Waals surface area contributed by atoms with Gasteiger partial charge in [-0.1, -0.05) is 60.3 Å². The molecule has 0 fully saturated rings. The highest BCUT2D eigenvalue weighted by atomic mass is 32.2. The van der Waals surface area contributed by atoms with E-state index in [9.17, 15) is 0 Å². The third-order valence-electron chi connectivity index (χ3n) is 5.24. The van der Waals surface area contributed by atoms with Crippen molar-refractivity contribution in [3.8, 4) is 11.4 Å². The van der Waals surface area contributed by atoms with E-state index in [4.69, 9.17) is 10.7 Å². The summed E-state index contributed by atoms with van der Waals surface area (Å²) in [5.41, 5.74) is 9.50. The minimum Gasteiger partial charge on any atom is -0.368 e. The number of anilines is 3. The summed E-state index contributed by atoms with van der Waals surface area (Å²) < 4.78 is 1.98. The Labute approximate surface area is 184 Å². The molecule has 3 heterocycles. The van der Waals surface area contributed by atoms with Gasteiger partial charge in [-0.15, -0.1) is 10.2 Å². The van der Waals surface area contributed by atoms with Crippen molar-refractivity contribution in [2.45, 2.75) is 23.8 Å². The number of hydrogen-bond acceptors (Lipinski definition) is 8. The summed E-state index contributed by atoms with van der Waals surface area (Å²) in [6.07, 6.45) is 2.11. The third kappa shape index (κ3) is 3.96. The van der Waals surface area contributed by atoms with E-state index in [-0.39, 0.29) is 5.95 Å². The van der Waals surface area contributed by atoms with E-state index < -0.39 is 0 Å². The molecule has 0 unspecified atom stereocenters. The van der Waals surface area contributed by atoms with Gasteiger partial charge >= 0.3 is 0 Å². The Morgan fingerprint density at radius 2 is 1.77 bits per heavy atom. The summed E-state index contributed by atoms with van der Waals surface area (Å²) in [4.78, 5) is 15.6. The average molecular weight is 431 g/mol. The summed E-state index contributed by atoms with van der Waals surface area (Å²) in [6.45, 7) is 0.858. The summed E-state index contributed by atoms with van der Waals surface area (Å²) in [6, 6.07) is 18.4. The first kappa shape index (κ1) is 19.5. The van der Waals surface area contributed by atoms with Crippen molar-refractivity contribution in [1.29, 1.82) is 0 Å². The molecule has 1 aliphatic heterocycles. The van der Waals surface area contributed by atoms with E-state index in [1.165, 1.54) is 17.3 Å². The number of para-hydroxylation sites is 1. The standard InChI is InChI=1S/C22H22N8S/c1-29-19(16-9-3-2-4-10-16)27-28-22(29)31-14-18-24-20(23)26-21(25-18)30-13-7-11-15-8-5-6-12-17(15)30/h2-6,8-10,12H,7,11,13-14H2,1H3,(H2,23,24,25,26). The second-order valence-corrected chi connectivity index (χ2v) is 8.26. The van der Waals surface area contributed by atoms with Gasteiger partial charge in [-0.3, -0.25) is 0 Å². The molecule has 5 rings (SSSR count). The number of thioether (sulfide) groups is 1. The first-order valence-electron chi connectivity index (χ1n) is 10.1. The van der Waals surface area contributed by atoms with Crippen LogP contribution in [0.2, 0.25) is 0 Å². The van der Waals surface area contributed by atoms with Crippen molar-refractivity contribution in [2.75, 3.05) is 17.2 Å². The molecular weight excluding hydrogens is 408 g/mol. The number of aryl methyl sites for hydroxylation is 1. The Balaban J connectivity index is 1.37. The molecule has 4 aromatic rings. The molecule has 0 saturated heterocycles. The number of hydrogen-bond donors (Lipinski definition) is 1. The molecule has 2 aromatic carbocycles. The zero-order valence-corrected chi connectivity index (χ0v) is 18.0. The highest BCUT2D eigenvalue weighted by Gasteiger charge is 2.21. The van der Waals surface area contributed by atoms with Gasteiger partial charge in [-0.05, 0) is 24.5 Å². The highest BCUT2D eigenvalue weighted by Crippen LogP contribution is 2.32. The first-order valence-corrected chi connectivity index (χ1v) is 11.1. The summed E-state index contributed by atoms with van der Waals surface area (Å²) in [5, 5.41) is 9.47. The molecule has 0 aliphatic carbocycles. The van der Waals surface area contributed by atoms with Crippen molar-refractivity contribution in [2.24, 2.45) is 7.05 Å². The van der Waals surface area contributed by atoms with Crippen LogP contribution in [0.5, 0.6) is 0 Å². The molecule has 0 radical (unpaired) electrons. The minimum absolute atomic E-state index is 0.228. The van der Waals surface area contributed by atoms with Crippen molar-refractivity contribution in [3.63, 3.8) is 0 Å². The zero-order chi connectivity index (χ0) is 21.2. The number of fused-ring (bicyclic) bond motifs is 1. The van der Waals surface area contributed by atoms with Crippen molar-refractivity contribution in [3.05, 3.63) is 66.0 Å². The van der Waals surface area contributed by atoms with Crippen molar-refractivity contribution < 1.29 is 0 Å². The van der Waals surface area contributed by atoms with Crippen LogP contribution < -0.4 is 10.6 Å². The lowest BCUT2D eigenvalue weighted by molar-refractivity contribution is 0.744. The molecular formula is C22H22N8S. The van der Waals surface area contributed by atoms with Crippen LogP contribution in [-0.4, -0.2) is 36.3 Å². The van der Waals surface area contributed by atoms with Crippen LogP contribution in [0.15, 0.2) is 59.8 Å². The normalized spacial score (nSPS) is 13.3. The van der Waals surface area contributed by atoms with Gasteiger partial charge in [0.15, 0.2) is 11.0 Å². The molecule has 156 valence electrons. The van der Waals surface area contributed by atoms with Crippen LogP contribution in [0.3, 0.4) is 0 Å². The van der Waals surface area contributed by atoms with Crippen LogP contribution in [0, 0.1) is 0 Å². The fourth-order valence-corrected chi connectivity index (χ4v) is 4.53. The fraction of sp³-hybridized carbons (Fsp3) is 0.227. The second-order valence-electron chi connectivity index (χ2n) is 7.31. The number of nitrogen functional groups attached to an aromatic ring is 1. The maximum Gasteiger partial charge on any atom is 0.235 e. The van der Waals surface area contributed by atoms with E-state index in [0.717, 1.165) is 41.6 Å². The number of rotatable bonds is 5. The Bertz CT molecular complexity index is 1210. The van der Waals surface area contributed by atoms with Gasteiger partial charge in [-0.25, -0.2) is 0 Å². The van der Waals surface area contributed by atoms with Gasteiger partial charge in [0, 0.05) is 24.8 Å². The van der Waals surface area contributed by atoms with E-state index in [2.05, 4.69) is 43.3 Å². The fourth-order valence-electron chi connectivity index (χ4n) is 3.76. The molecule has 2 N–H and O–H groups in total. The molecule has 1 aliphatic rings. The second kappa shape index (κ2) is 8.35. The van der Waals surface area contributed by atoms with Gasteiger partial charge in [0.2, 0.25) is 11.9 Å². The lowest BCUT2D eigenvalue weighted by Gasteiger charge is -2.29. The zero-order valence-electron chi connectivity index (χ0n) is 17.1. The van der Waals surface area contributed by atoms with Gasteiger partial charge in [0.25, 0.3) is 0 Å². The predicted molar refractivity (Wildman–Crippen MR) is 122 cm³/mol. The van der Waals surface area contributed by atoms with Crippen LogP contribution >= 0.6 is 11.8 Å². The smallest absolute Gasteiger partial charge is 0.235 e. The monoisotopic (exact) mass is 430 g/mol. The third-order valence-corrected chi connectivity index (χ3v) is 6.25. The van der Waals surface area contributed by atoms with E-state index in [0.29, 0.717) is 17.5 Å². The van der Waals surface area contributed by atoms with Crippen LogP contribution in [0.1, 0.15) is 17.8 Å². The Morgan fingerprint density at radius 3 is 2.65 bits per heavy atom. The number of aromatic nitrogens is 6. The maximum absolute atomic E-state index is 6.03. The van der Waals surface area contributed by atoms with Gasteiger partial charge in [-0.2, -0.15) is 15.0 Å². The number of nitrogens with two attached hydrogens (primary N) is 1. The number of nitrogens with zero attached hydrogens (tertiary/aromatic N) is 7. The van der Waals surface area contributed by atoms with Crippen LogP contribution in [0.4, 0.5) is 17.6 Å². The SMILES string of the molecule is Cn1c(SCc2nc(N)nc(N3CCCc4ccccc43)n2)nnc1-c1ccccc1. The quantitative estimate of drug-likeness (QED) is 0.479. The molecule has 9 heteroatoms. The Hall–Kier alpha value is -3.46. The molecule has 8 nitrogen and oxygen atoms in total. The van der Waals surface area contributed by atoms with Crippen molar-refractivity contribution >= 4 is 29.3 Å². The largest absolute Gasteiger partial charge is 0.368 e. The first-order chi connectivity index (χ1) is 15.2. The molecule has 0 spiro atoms. The average Bonchev–Trinajstić information content (AvgIpc) is 3.17. The number of benzene rings is 2. The summed E-state index contributed by atoms with van der Waals surface area (Å²) >= 11 is 1.53. The molecule has 0 bridgehead atoms. The van der Waals surface area contributed by atoms with E-state index in [1.807, 2.05) is 48.0 Å². The van der Waals surface area contributed by atoms with E-state index in [1.54, 1.807) is 0 Å².